The average Bonchev–Trinajstić information content (AvgIpc) is 2.73. The molecule has 0 bridgehead atoms. The van der Waals surface area contributed by atoms with Crippen molar-refractivity contribution < 1.29 is 14.6 Å². The number of amides is 1. The molecule has 0 unspecified atom stereocenters. The molecule has 1 heterocycles. The van der Waals surface area contributed by atoms with Gasteiger partial charge in [-0.25, -0.2) is 0 Å². The fourth-order valence-electron chi connectivity index (χ4n) is 4.42. The SMILES string of the molecule is O=C(NCC1(c2ccccc2)CCOCC1)c1cc2c(cc1O)CCCC2. The van der Waals surface area contributed by atoms with Crippen molar-refractivity contribution in [1.82, 2.24) is 5.32 Å². The summed E-state index contributed by atoms with van der Waals surface area (Å²) in [6.45, 7) is 1.96. The Morgan fingerprint density at radius 1 is 1.04 bits per heavy atom. The van der Waals surface area contributed by atoms with E-state index in [0.29, 0.717) is 25.3 Å². The van der Waals surface area contributed by atoms with E-state index >= 15 is 0 Å². The van der Waals surface area contributed by atoms with Crippen molar-refractivity contribution in [3.05, 3.63) is 64.7 Å². The van der Waals surface area contributed by atoms with E-state index in [0.717, 1.165) is 38.5 Å². The van der Waals surface area contributed by atoms with Crippen molar-refractivity contribution in [3.8, 4) is 5.75 Å². The lowest BCUT2D eigenvalue weighted by Gasteiger charge is -2.38. The van der Waals surface area contributed by atoms with Gasteiger partial charge in [-0.2, -0.15) is 0 Å². The fraction of sp³-hybridized carbons (Fsp3) is 0.435. The topological polar surface area (TPSA) is 58.6 Å². The van der Waals surface area contributed by atoms with Crippen molar-refractivity contribution in [2.45, 2.75) is 43.9 Å². The standard InChI is InChI=1S/C23H27NO3/c25-21-15-18-7-5-4-6-17(18)14-20(21)22(26)24-16-23(10-12-27-13-11-23)19-8-2-1-3-9-19/h1-3,8-9,14-15,25H,4-7,10-13,16H2,(H,24,26). The first-order chi connectivity index (χ1) is 13.2. The Morgan fingerprint density at radius 3 is 2.41 bits per heavy atom. The molecular weight excluding hydrogens is 338 g/mol. The first-order valence-corrected chi connectivity index (χ1v) is 9.94. The minimum atomic E-state index is -0.192. The Kier molecular flexibility index (Phi) is 5.17. The molecule has 27 heavy (non-hydrogen) atoms. The van der Waals surface area contributed by atoms with E-state index in [1.807, 2.05) is 24.3 Å². The number of rotatable bonds is 4. The van der Waals surface area contributed by atoms with E-state index < -0.39 is 0 Å². The number of phenols is 1. The summed E-state index contributed by atoms with van der Waals surface area (Å²) in [5.74, 6) is -0.100. The molecule has 0 aromatic heterocycles. The third-order valence-corrected chi connectivity index (χ3v) is 6.13. The van der Waals surface area contributed by atoms with Gasteiger partial charge in [0.1, 0.15) is 5.75 Å². The number of phenolic OH excluding ortho intramolecular Hbond substituents is 1. The van der Waals surface area contributed by atoms with Crippen molar-refractivity contribution in [3.63, 3.8) is 0 Å². The molecule has 0 atom stereocenters. The normalized spacial score (nSPS) is 18.5. The van der Waals surface area contributed by atoms with Gasteiger partial charge in [-0.15, -0.1) is 0 Å². The van der Waals surface area contributed by atoms with Crippen LogP contribution in [-0.4, -0.2) is 30.8 Å². The van der Waals surface area contributed by atoms with Gasteiger partial charge < -0.3 is 15.2 Å². The fourth-order valence-corrected chi connectivity index (χ4v) is 4.42. The van der Waals surface area contributed by atoms with Crippen LogP contribution in [0.15, 0.2) is 42.5 Å². The number of aromatic hydroxyl groups is 1. The molecule has 2 aliphatic rings. The van der Waals surface area contributed by atoms with Gasteiger partial charge in [0.25, 0.3) is 5.91 Å². The number of hydrogen-bond acceptors (Lipinski definition) is 3. The highest BCUT2D eigenvalue weighted by molar-refractivity contribution is 5.97. The summed E-state index contributed by atoms with van der Waals surface area (Å²) in [6, 6.07) is 14.0. The van der Waals surface area contributed by atoms with Crippen molar-refractivity contribution in [1.29, 1.82) is 0 Å². The molecule has 0 radical (unpaired) electrons. The molecule has 142 valence electrons. The van der Waals surface area contributed by atoms with Crippen LogP contribution >= 0.6 is 0 Å². The number of ether oxygens (including phenoxy) is 1. The van der Waals surface area contributed by atoms with E-state index in [4.69, 9.17) is 4.74 Å². The zero-order valence-electron chi connectivity index (χ0n) is 15.7. The number of carbonyl (C=O) groups excluding carboxylic acids is 1. The predicted molar refractivity (Wildman–Crippen MR) is 105 cm³/mol. The second kappa shape index (κ2) is 7.73. The Morgan fingerprint density at radius 2 is 1.70 bits per heavy atom. The minimum absolute atomic E-state index is 0.0916. The van der Waals surface area contributed by atoms with Crippen LogP contribution in [0.2, 0.25) is 0 Å². The molecule has 2 aromatic rings. The number of aryl methyl sites for hydroxylation is 2. The zero-order chi connectivity index (χ0) is 18.7. The molecule has 2 aromatic carbocycles. The molecule has 0 saturated carbocycles. The van der Waals surface area contributed by atoms with Gasteiger partial charge in [0, 0.05) is 25.2 Å². The first kappa shape index (κ1) is 18.1. The number of fused-ring (bicyclic) bond motifs is 1. The number of hydrogen-bond donors (Lipinski definition) is 2. The van der Waals surface area contributed by atoms with E-state index in [-0.39, 0.29) is 17.1 Å². The first-order valence-electron chi connectivity index (χ1n) is 9.94. The van der Waals surface area contributed by atoms with Crippen molar-refractivity contribution >= 4 is 5.91 Å². The van der Waals surface area contributed by atoms with Gasteiger partial charge in [0.05, 0.1) is 5.56 Å². The van der Waals surface area contributed by atoms with Crippen LogP contribution in [0.1, 0.15) is 52.7 Å². The van der Waals surface area contributed by atoms with Gasteiger partial charge in [-0.1, -0.05) is 30.3 Å². The summed E-state index contributed by atoms with van der Waals surface area (Å²) >= 11 is 0. The van der Waals surface area contributed by atoms with Gasteiger partial charge in [0.2, 0.25) is 0 Å². The largest absolute Gasteiger partial charge is 0.507 e. The highest BCUT2D eigenvalue weighted by Gasteiger charge is 2.35. The van der Waals surface area contributed by atoms with Crippen LogP contribution in [0.3, 0.4) is 0 Å². The molecule has 1 aliphatic heterocycles. The maximum atomic E-state index is 12.9. The highest BCUT2D eigenvalue weighted by atomic mass is 16.5. The quantitative estimate of drug-likeness (QED) is 0.868. The molecule has 4 rings (SSSR count). The summed E-state index contributed by atoms with van der Waals surface area (Å²) in [5.41, 5.74) is 3.90. The Bertz CT molecular complexity index is 810. The van der Waals surface area contributed by atoms with Crippen molar-refractivity contribution in [2.24, 2.45) is 0 Å². The van der Waals surface area contributed by atoms with Gasteiger partial charge in [0.15, 0.2) is 0 Å². The third-order valence-electron chi connectivity index (χ3n) is 6.13. The summed E-state index contributed by atoms with van der Waals surface area (Å²) in [4.78, 5) is 12.9. The maximum absolute atomic E-state index is 12.9. The van der Waals surface area contributed by atoms with E-state index in [1.54, 1.807) is 6.07 Å². The Balaban J connectivity index is 1.54. The van der Waals surface area contributed by atoms with Crippen LogP contribution in [0.5, 0.6) is 5.75 Å². The maximum Gasteiger partial charge on any atom is 0.255 e. The second-order valence-corrected chi connectivity index (χ2v) is 7.79. The molecule has 1 amide bonds. The second-order valence-electron chi connectivity index (χ2n) is 7.79. The Labute approximate surface area is 160 Å². The molecule has 4 heteroatoms. The monoisotopic (exact) mass is 365 g/mol. The van der Waals surface area contributed by atoms with Crippen LogP contribution in [-0.2, 0) is 23.0 Å². The summed E-state index contributed by atoms with van der Waals surface area (Å²) < 4.78 is 5.57. The lowest BCUT2D eigenvalue weighted by Crippen LogP contribution is -2.44. The summed E-state index contributed by atoms with van der Waals surface area (Å²) in [6.07, 6.45) is 6.04. The summed E-state index contributed by atoms with van der Waals surface area (Å²) in [7, 11) is 0. The molecule has 1 fully saturated rings. The smallest absolute Gasteiger partial charge is 0.255 e. The van der Waals surface area contributed by atoms with E-state index in [9.17, 15) is 9.90 Å². The number of benzene rings is 2. The molecule has 2 N–H and O–H groups in total. The summed E-state index contributed by atoms with van der Waals surface area (Å²) in [5, 5.41) is 13.5. The highest BCUT2D eigenvalue weighted by Crippen LogP contribution is 2.34. The van der Waals surface area contributed by atoms with Crippen molar-refractivity contribution in [2.75, 3.05) is 19.8 Å². The van der Waals surface area contributed by atoms with Crippen LogP contribution in [0.25, 0.3) is 0 Å². The number of nitrogens with one attached hydrogen (secondary N) is 1. The molecule has 1 aliphatic carbocycles. The Hall–Kier alpha value is -2.33. The van der Waals surface area contributed by atoms with Gasteiger partial charge >= 0.3 is 0 Å². The van der Waals surface area contributed by atoms with Crippen LogP contribution < -0.4 is 5.32 Å². The molecule has 0 spiro atoms. The molecule has 4 nitrogen and oxygen atoms in total. The van der Waals surface area contributed by atoms with Crippen LogP contribution in [0, 0.1) is 0 Å². The van der Waals surface area contributed by atoms with E-state index in [2.05, 4.69) is 17.4 Å². The lowest BCUT2D eigenvalue weighted by atomic mass is 9.74. The number of carbonyl (C=O) groups is 1. The van der Waals surface area contributed by atoms with Gasteiger partial charge in [-0.3, -0.25) is 4.79 Å². The predicted octanol–water partition coefficient (Wildman–Crippen LogP) is 3.75. The lowest BCUT2D eigenvalue weighted by molar-refractivity contribution is 0.0487. The zero-order valence-corrected chi connectivity index (χ0v) is 15.7. The molecule has 1 saturated heterocycles. The third kappa shape index (κ3) is 3.72. The van der Waals surface area contributed by atoms with Crippen LogP contribution in [0.4, 0.5) is 0 Å². The van der Waals surface area contributed by atoms with E-state index in [1.165, 1.54) is 16.7 Å². The minimum Gasteiger partial charge on any atom is -0.507 e. The molecular formula is C23H27NO3. The van der Waals surface area contributed by atoms with Gasteiger partial charge in [-0.05, 0) is 67.3 Å². The average molecular weight is 365 g/mol.